The highest BCUT2D eigenvalue weighted by molar-refractivity contribution is 6.30. The van der Waals surface area contributed by atoms with Crippen molar-refractivity contribution in [3.63, 3.8) is 0 Å². The van der Waals surface area contributed by atoms with Gasteiger partial charge in [0.15, 0.2) is 0 Å². The van der Waals surface area contributed by atoms with E-state index in [1.165, 1.54) is 0 Å². The molecule has 31 heavy (non-hydrogen) atoms. The van der Waals surface area contributed by atoms with E-state index in [2.05, 4.69) is 29.2 Å². The van der Waals surface area contributed by atoms with Crippen LogP contribution in [-0.4, -0.2) is 37.0 Å². The Labute approximate surface area is 188 Å². The first-order valence-electron chi connectivity index (χ1n) is 10.4. The van der Waals surface area contributed by atoms with Crippen LogP contribution in [0.4, 0.5) is 5.69 Å². The van der Waals surface area contributed by atoms with Gasteiger partial charge in [0.2, 0.25) is 5.91 Å². The van der Waals surface area contributed by atoms with E-state index in [9.17, 15) is 4.79 Å². The Morgan fingerprint density at radius 3 is 2.23 bits per heavy atom. The predicted octanol–water partition coefficient (Wildman–Crippen LogP) is 5.28. The summed E-state index contributed by atoms with van der Waals surface area (Å²) in [5.74, 6) is 0.896. The van der Waals surface area contributed by atoms with Crippen LogP contribution in [0, 0.1) is 0 Å². The highest BCUT2D eigenvalue weighted by Crippen LogP contribution is 2.22. The Morgan fingerprint density at radius 2 is 1.55 bits per heavy atom. The highest BCUT2D eigenvalue weighted by Gasteiger charge is 2.19. The van der Waals surface area contributed by atoms with Gasteiger partial charge in [0.05, 0.1) is 0 Å². The van der Waals surface area contributed by atoms with Crippen LogP contribution in [0.1, 0.15) is 11.1 Å². The van der Waals surface area contributed by atoms with E-state index in [0.29, 0.717) is 24.7 Å². The minimum absolute atomic E-state index is 0.0410. The average molecular weight is 433 g/mol. The molecule has 5 heteroatoms. The lowest BCUT2D eigenvalue weighted by atomic mass is 10.2. The fraction of sp³-hybridized carbons (Fsp3) is 0.192. The van der Waals surface area contributed by atoms with Gasteiger partial charge in [-0.05, 0) is 53.6 Å². The maximum atomic E-state index is 12.5. The summed E-state index contributed by atoms with van der Waals surface area (Å²) in [7, 11) is 0. The van der Waals surface area contributed by atoms with Gasteiger partial charge in [0.25, 0.3) is 0 Å². The van der Waals surface area contributed by atoms with Gasteiger partial charge >= 0.3 is 0 Å². The van der Waals surface area contributed by atoms with E-state index in [0.717, 1.165) is 35.7 Å². The molecule has 0 saturated carbocycles. The van der Waals surface area contributed by atoms with E-state index >= 15 is 0 Å². The van der Waals surface area contributed by atoms with Crippen molar-refractivity contribution in [2.45, 2.75) is 6.61 Å². The van der Waals surface area contributed by atoms with Crippen LogP contribution >= 0.6 is 11.6 Å². The summed E-state index contributed by atoms with van der Waals surface area (Å²) >= 11 is 5.90. The molecule has 0 spiro atoms. The number of amides is 1. The zero-order chi connectivity index (χ0) is 21.5. The molecule has 1 fully saturated rings. The molecule has 3 aromatic carbocycles. The molecule has 4 rings (SSSR count). The van der Waals surface area contributed by atoms with Gasteiger partial charge in [-0.2, -0.15) is 0 Å². The van der Waals surface area contributed by atoms with Crippen LogP contribution < -0.4 is 9.64 Å². The quantitative estimate of drug-likeness (QED) is 0.497. The number of halogens is 1. The summed E-state index contributed by atoms with van der Waals surface area (Å²) < 4.78 is 5.87. The number of hydrogen-bond acceptors (Lipinski definition) is 3. The van der Waals surface area contributed by atoms with Crippen molar-refractivity contribution in [3.8, 4) is 5.75 Å². The smallest absolute Gasteiger partial charge is 0.246 e. The summed E-state index contributed by atoms with van der Waals surface area (Å²) in [6.45, 7) is 3.59. The fourth-order valence-corrected chi connectivity index (χ4v) is 3.65. The lowest BCUT2D eigenvalue weighted by Crippen LogP contribution is -2.48. The zero-order valence-corrected chi connectivity index (χ0v) is 18.0. The second kappa shape index (κ2) is 10.2. The molecule has 0 aromatic heterocycles. The molecular weight excluding hydrogens is 408 g/mol. The maximum Gasteiger partial charge on any atom is 0.246 e. The van der Waals surface area contributed by atoms with Crippen LogP contribution in [0.5, 0.6) is 5.75 Å². The monoisotopic (exact) mass is 432 g/mol. The van der Waals surface area contributed by atoms with Gasteiger partial charge in [-0.15, -0.1) is 0 Å². The Balaban J connectivity index is 1.26. The van der Waals surface area contributed by atoms with Crippen LogP contribution in [0.25, 0.3) is 6.08 Å². The normalized spacial score (nSPS) is 14.1. The molecule has 158 valence electrons. The summed E-state index contributed by atoms with van der Waals surface area (Å²) in [4.78, 5) is 16.7. The molecule has 1 aliphatic rings. The van der Waals surface area contributed by atoms with Crippen molar-refractivity contribution in [1.29, 1.82) is 0 Å². The maximum absolute atomic E-state index is 12.5. The van der Waals surface area contributed by atoms with E-state index in [4.69, 9.17) is 16.3 Å². The first-order chi connectivity index (χ1) is 15.2. The van der Waals surface area contributed by atoms with Crippen LogP contribution in [0.15, 0.2) is 84.9 Å². The summed E-state index contributed by atoms with van der Waals surface area (Å²) in [5, 5.41) is 0.690. The Kier molecular flexibility index (Phi) is 6.90. The number of ether oxygens (including phenoxy) is 1. The Hall–Kier alpha value is -3.24. The molecule has 1 aliphatic heterocycles. The third kappa shape index (κ3) is 5.89. The number of carbonyl (C=O) groups is 1. The minimum atomic E-state index is 0.0410. The van der Waals surface area contributed by atoms with Crippen LogP contribution in [0.2, 0.25) is 5.02 Å². The van der Waals surface area contributed by atoms with Crippen molar-refractivity contribution in [3.05, 3.63) is 101 Å². The van der Waals surface area contributed by atoms with E-state index in [1.54, 1.807) is 6.08 Å². The molecule has 0 atom stereocenters. The zero-order valence-electron chi connectivity index (χ0n) is 17.3. The van der Waals surface area contributed by atoms with Gasteiger partial charge in [-0.3, -0.25) is 4.79 Å². The lowest BCUT2D eigenvalue weighted by molar-refractivity contribution is -0.126. The predicted molar refractivity (Wildman–Crippen MR) is 126 cm³/mol. The van der Waals surface area contributed by atoms with Crippen molar-refractivity contribution in [1.82, 2.24) is 4.90 Å². The highest BCUT2D eigenvalue weighted by atomic mass is 35.5. The molecule has 4 nitrogen and oxygen atoms in total. The molecule has 1 amide bonds. The van der Waals surface area contributed by atoms with Crippen molar-refractivity contribution >= 4 is 29.3 Å². The topological polar surface area (TPSA) is 32.8 Å². The van der Waals surface area contributed by atoms with Gasteiger partial charge in [-0.25, -0.2) is 0 Å². The number of benzene rings is 3. The second-order valence-electron chi connectivity index (χ2n) is 7.47. The summed E-state index contributed by atoms with van der Waals surface area (Å²) in [6, 6.07) is 25.8. The number of nitrogens with zero attached hydrogens (tertiary/aromatic N) is 2. The average Bonchev–Trinajstić information content (AvgIpc) is 2.83. The van der Waals surface area contributed by atoms with Crippen molar-refractivity contribution < 1.29 is 9.53 Å². The SMILES string of the molecule is O=C(C=Cc1ccc(Cl)cc1)N1CCN(c2ccc(OCc3ccccc3)cc2)CC1. The molecular formula is C26H25ClN2O2. The largest absolute Gasteiger partial charge is 0.489 e. The lowest BCUT2D eigenvalue weighted by Gasteiger charge is -2.35. The van der Waals surface area contributed by atoms with E-state index < -0.39 is 0 Å². The summed E-state index contributed by atoms with van der Waals surface area (Å²) in [5.41, 5.74) is 3.26. The molecule has 0 bridgehead atoms. The number of piperazine rings is 1. The first-order valence-corrected chi connectivity index (χ1v) is 10.8. The van der Waals surface area contributed by atoms with Crippen LogP contribution in [0.3, 0.4) is 0 Å². The van der Waals surface area contributed by atoms with Crippen molar-refractivity contribution in [2.75, 3.05) is 31.1 Å². The van der Waals surface area contributed by atoms with Gasteiger partial charge in [0, 0.05) is 43.0 Å². The molecule has 0 N–H and O–H groups in total. The Morgan fingerprint density at radius 1 is 0.871 bits per heavy atom. The first kappa shape index (κ1) is 21.0. The second-order valence-corrected chi connectivity index (χ2v) is 7.90. The minimum Gasteiger partial charge on any atom is -0.489 e. The third-order valence-electron chi connectivity index (χ3n) is 5.33. The Bertz CT molecular complexity index is 1010. The molecule has 1 heterocycles. The molecule has 0 aliphatic carbocycles. The van der Waals surface area contributed by atoms with Gasteiger partial charge in [-0.1, -0.05) is 54.1 Å². The third-order valence-corrected chi connectivity index (χ3v) is 5.58. The van der Waals surface area contributed by atoms with Crippen molar-refractivity contribution in [2.24, 2.45) is 0 Å². The molecule has 1 saturated heterocycles. The number of anilines is 1. The molecule has 3 aromatic rings. The molecule has 0 radical (unpaired) electrons. The number of hydrogen-bond donors (Lipinski definition) is 0. The van der Waals surface area contributed by atoms with Gasteiger partial charge in [0.1, 0.15) is 12.4 Å². The molecule has 0 unspecified atom stereocenters. The van der Waals surface area contributed by atoms with Crippen LogP contribution in [-0.2, 0) is 11.4 Å². The fourth-order valence-electron chi connectivity index (χ4n) is 3.53. The van der Waals surface area contributed by atoms with E-state index in [-0.39, 0.29) is 5.91 Å². The van der Waals surface area contributed by atoms with Gasteiger partial charge < -0.3 is 14.5 Å². The number of carbonyl (C=O) groups excluding carboxylic acids is 1. The standard InChI is InChI=1S/C26H25ClN2O2/c27-23-9-6-21(7-10-23)8-15-26(30)29-18-16-28(17-19-29)24-11-13-25(14-12-24)31-20-22-4-2-1-3-5-22/h1-15H,16-20H2. The summed E-state index contributed by atoms with van der Waals surface area (Å²) in [6.07, 6.45) is 3.47. The number of rotatable bonds is 6. The van der Waals surface area contributed by atoms with E-state index in [1.807, 2.05) is 65.6 Å².